The molecule has 0 spiro atoms. The standard InChI is InChI=1S/C41H46N4O6S2/c1-19-18-21-23-24-26-29(39(51-7)41-34(44-14-17-53-41)31(26)36(48)37(49-5)27(24)22(19)20(2)46)28-25(23)30(33-40(38(28)50-6)52-16-13-43-33)35(47)32(21)42-12-10-8-9-11-15-45(3)4/h18,22,42,47-48H,8-17H2,1-7H3. The SMILES string of the molecule is COc1c(O)c2c3c(c(OC)c4c5c(OC)c6c(c7c(O)c(NCCCCCCN(C)C)c8c(c(c1C(C(C)=O)C(C)=C8)c24)c75)=NCCS6)SCCN=3. The minimum Gasteiger partial charge on any atom is -0.505 e. The number of nitrogens with zero attached hydrogens (tertiary/aromatic N) is 3. The van der Waals surface area contributed by atoms with Crippen molar-refractivity contribution in [1.29, 1.82) is 0 Å². The van der Waals surface area contributed by atoms with E-state index < -0.39 is 5.92 Å². The van der Waals surface area contributed by atoms with Gasteiger partial charge in [0.2, 0.25) is 0 Å². The number of rotatable bonds is 12. The molecule has 2 heterocycles. The van der Waals surface area contributed by atoms with Crippen LogP contribution in [0.15, 0.2) is 25.3 Å². The number of nitrogens with one attached hydrogen (secondary N) is 1. The fourth-order valence-corrected chi connectivity index (χ4v) is 10.9. The van der Waals surface area contributed by atoms with Gasteiger partial charge in [-0.2, -0.15) is 0 Å². The number of phenolic OH excluding ortho intramolecular Hbond substituents is 2. The predicted molar refractivity (Wildman–Crippen MR) is 217 cm³/mol. The van der Waals surface area contributed by atoms with Crippen molar-refractivity contribution in [2.45, 2.75) is 55.2 Å². The molecule has 1 atom stereocenters. The summed E-state index contributed by atoms with van der Waals surface area (Å²) >= 11 is 3.31. The Kier molecular flexibility index (Phi) is 9.43. The maximum absolute atomic E-state index is 13.9. The number of ketones is 1. The van der Waals surface area contributed by atoms with Gasteiger partial charge in [-0.3, -0.25) is 14.8 Å². The van der Waals surface area contributed by atoms with E-state index in [2.05, 4.69) is 24.3 Å². The number of unbranched alkanes of at least 4 members (excludes halogenated alkanes) is 3. The quantitative estimate of drug-likeness (QED) is 0.0520. The molecule has 0 saturated heterocycles. The number of anilines is 1. The first kappa shape index (κ1) is 35.9. The zero-order valence-corrected chi connectivity index (χ0v) is 33.0. The van der Waals surface area contributed by atoms with Crippen molar-refractivity contribution in [1.82, 2.24) is 4.90 Å². The Morgan fingerprint density at radius 3 is 1.92 bits per heavy atom. The molecule has 8 rings (SSSR count). The molecule has 5 aromatic rings. The van der Waals surface area contributed by atoms with Crippen LogP contribution in [0.5, 0.6) is 28.7 Å². The molecule has 0 aromatic heterocycles. The second kappa shape index (κ2) is 13.9. The Hall–Kier alpha value is -4.13. The van der Waals surface area contributed by atoms with Crippen molar-refractivity contribution in [2.24, 2.45) is 9.98 Å². The van der Waals surface area contributed by atoms with Crippen molar-refractivity contribution >= 4 is 84.2 Å². The fourth-order valence-electron chi connectivity index (χ4n) is 8.90. The highest BCUT2D eigenvalue weighted by Gasteiger charge is 2.39. The second-order valence-electron chi connectivity index (χ2n) is 14.4. The van der Waals surface area contributed by atoms with Crippen LogP contribution < -0.4 is 30.2 Å². The van der Waals surface area contributed by atoms with Crippen molar-refractivity contribution in [2.75, 3.05) is 78.4 Å². The van der Waals surface area contributed by atoms with E-state index in [0.29, 0.717) is 63.9 Å². The number of thioether (sulfide) groups is 2. The summed E-state index contributed by atoms with van der Waals surface area (Å²) in [5.74, 6) is 2.30. The average Bonchev–Trinajstić information content (AvgIpc) is 3.28. The van der Waals surface area contributed by atoms with Crippen molar-refractivity contribution in [3.63, 3.8) is 0 Å². The van der Waals surface area contributed by atoms with Gasteiger partial charge in [0.1, 0.15) is 23.0 Å². The van der Waals surface area contributed by atoms with E-state index in [4.69, 9.17) is 24.2 Å². The molecule has 5 aromatic carbocycles. The van der Waals surface area contributed by atoms with Crippen LogP contribution in [0.2, 0.25) is 0 Å². The monoisotopic (exact) mass is 754 g/mol. The Morgan fingerprint density at radius 1 is 0.792 bits per heavy atom. The maximum atomic E-state index is 13.9. The fraction of sp³-hybridized carbons (Fsp3) is 0.439. The van der Waals surface area contributed by atoms with E-state index in [1.807, 2.05) is 13.0 Å². The van der Waals surface area contributed by atoms with Crippen LogP contribution in [0.3, 0.4) is 0 Å². The number of carbonyl (C=O) groups excluding carboxylic acids is 1. The Morgan fingerprint density at radius 2 is 1.36 bits per heavy atom. The summed E-state index contributed by atoms with van der Waals surface area (Å²) in [7, 11) is 9.08. The number of carbonyl (C=O) groups is 1. The Bertz CT molecular complexity index is 2510. The molecule has 12 heteroatoms. The summed E-state index contributed by atoms with van der Waals surface area (Å²) in [5.41, 5.74) is 2.75. The number of aromatic hydroxyl groups is 2. The largest absolute Gasteiger partial charge is 0.505 e. The Balaban J connectivity index is 1.62. The number of Topliss-reactive ketones (excluding diaryl/α,β-unsaturated/α-hetero) is 1. The van der Waals surface area contributed by atoms with Crippen LogP contribution in [0, 0.1) is 0 Å². The van der Waals surface area contributed by atoms with Gasteiger partial charge in [-0.05, 0) is 52.7 Å². The molecule has 0 radical (unpaired) electrons. The smallest absolute Gasteiger partial charge is 0.168 e. The first-order valence-electron chi connectivity index (χ1n) is 18.3. The van der Waals surface area contributed by atoms with Gasteiger partial charge in [0.05, 0.1) is 64.2 Å². The van der Waals surface area contributed by atoms with Crippen LogP contribution in [-0.2, 0) is 4.79 Å². The number of phenols is 2. The average molecular weight is 755 g/mol. The van der Waals surface area contributed by atoms with Gasteiger partial charge in [0.15, 0.2) is 11.5 Å². The van der Waals surface area contributed by atoms with E-state index in [1.54, 1.807) is 51.8 Å². The van der Waals surface area contributed by atoms with E-state index in [1.165, 1.54) is 0 Å². The highest BCUT2D eigenvalue weighted by molar-refractivity contribution is 7.99. The van der Waals surface area contributed by atoms with Gasteiger partial charge >= 0.3 is 0 Å². The first-order chi connectivity index (χ1) is 25.7. The molecule has 2 aliphatic heterocycles. The van der Waals surface area contributed by atoms with Crippen LogP contribution >= 0.6 is 23.5 Å². The van der Waals surface area contributed by atoms with E-state index in [9.17, 15) is 15.0 Å². The molecule has 53 heavy (non-hydrogen) atoms. The summed E-state index contributed by atoms with van der Waals surface area (Å²) in [6.07, 6.45) is 6.27. The highest BCUT2D eigenvalue weighted by atomic mass is 32.2. The van der Waals surface area contributed by atoms with Crippen molar-refractivity contribution in [3.8, 4) is 28.7 Å². The summed E-state index contributed by atoms with van der Waals surface area (Å²) in [6.45, 7) is 6.42. The molecule has 0 saturated carbocycles. The molecular weight excluding hydrogens is 709 g/mol. The predicted octanol–water partition coefficient (Wildman–Crippen LogP) is 7.25. The molecular formula is C41H46N4O6S2. The summed E-state index contributed by atoms with van der Waals surface area (Å²) in [6, 6.07) is 0. The van der Waals surface area contributed by atoms with Crippen LogP contribution in [0.4, 0.5) is 5.69 Å². The number of benzene rings is 5. The molecule has 0 bridgehead atoms. The minimum atomic E-state index is -0.730. The van der Waals surface area contributed by atoms with E-state index in [-0.39, 0.29) is 23.0 Å². The maximum Gasteiger partial charge on any atom is 0.168 e. The summed E-state index contributed by atoms with van der Waals surface area (Å²) in [4.78, 5) is 27.8. The third-order valence-corrected chi connectivity index (χ3v) is 13.0. The summed E-state index contributed by atoms with van der Waals surface area (Å²) in [5, 5.41) is 35.9. The first-order valence-corrected chi connectivity index (χ1v) is 20.3. The molecule has 0 amide bonds. The van der Waals surface area contributed by atoms with E-state index in [0.717, 1.165) is 97.0 Å². The topological polar surface area (TPSA) is 125 Å². The molecule has 3 aliphatic rings. The van der Waals surface area contributed by atoms with Gasteiger partial charge in [-0.25, -0.2) is 0 Å². The zero-order chi connectivity index (χ0) is 37.3. The van der Waals surface area contributed by atoms with Gasteiger partial charge in [-0.15, -0.1) is 23.5 Å². The lowest BCUT2D eigenvalue weighted by Gasteiger charge is -2.28. The van der Waals surface area contributed by atoms with Gasteiger partial charge in [0.25, 0.3) is 0 Å². The van der Waals surface area contributed by atoms with E-state index >= 15 is 0 Å². The normalized spacial score (nSPS) is 16.5. The van der Waals surface area contributed by atoms with Crippen molar-refractivity contribution < 1.29 is 29.2 Å². The third kappa shape index (κ3) is 5.30. The minimum absolute atomic E-state index is 0.0532. The Labute approximate surface area is 317 Å². The number of ether oxygens (including phenoxy) is 3. The molecule has 0 fully saturated rings. The molecule has 1 unspecified atom stereocenters. The molecule has 3 N–H and O–H groups in total. The lowest BCUT2D eigenvalue weighted by Crippen LogP contribution is -2.19. The van der Waals surface area contributed by atoms with Crippen LogP contribution in [-0.4, -0.2) is 94.0 Å². The lowest BCUT2D eigenvalue weighted by molar-refractivity contribution is -0.117. The molecule has 1 aliphatic carbocycles. The molecule has 10 nitrogen and oxygen atoms in total. The third-order valence-electron chi connectivity index (χ3n) is 10.9. The van der Waals surface area contributed by atoms with Crippen LogP contribution in [0.25, 0.3) is 49.2 Å². The van der Waals surface area contributed by atoms with Gasteiger partial charge in [0, 0.05) is 69.2 Å². The van der Waals surface area contributed by atoms with Gasteiger partial charge < -0.3 is 34.6 Å². The van der Waals surface area contributed by atoms with Crippen molar-refractivity contribution in [3.05, 3.63) is 27.4 Å². The number of methoxy groups -OCH3 is 3. The van der Waals surface area contributed by atoms with Gasteiger partial charge in [-0.1, -0.05) is 24.5 Å². The number of fused-ring (bicyclic) bond motifs is 5. The number of hydrogen-bond acceptors (Lipinski definition) is 12. The number of hydrogen-bond donors (Lipinski definition) is 3. The zero-order valence-electron chi connectivity index (χ0n) is 31.4. The lowest BCUT2D eigenvalue weighted by atomic mass is 9.80. The highest BCUT2D eigenvalue weighted by Crippen LogP contribution is 2.60. The molecule has 278 valence electrons. The summed E-state index contributed by atoms with van der Waals surface area (Å²) < 4.78 is 18.8. The number of allylic oxidation sites excluding steroid dienone is 1. The van der Waals surface area contributed by atoms with Crippen LogP contribution in [0.1, 0.15) is 56.6 Å². The second-order valence-corrected chi connectivity index (χ2v) is 16.6.